The second-order valence-corrected chi connectivity index (χ2v) is 8.11. The van der Waals surface area contributed by atoms with Crippen LogP contribution >= 0.6 is 0 Å². The SMILES string of the molecule is CC(C)(C)NC(C(=O)OCCCOc1cccc2c1CC(=O)N2)c1ccccc1. The molecule has 3 rings (SSSR count). The third-order valence-corrected chi connectivity index (χ3v) is 4.48. The van der Waals surface area contributed by atoms with Gasteiger partial charge in [0.05, 0.1) is 19.6 Å². The van der Waals surface area contributed by atoms with E-state index in [4.69, 9.17) is 9.47 Å². The number of ether oxygens (including phenoxy) is 2. The Labute approximate surface area is 171 Å². The zero-order valence-corrected chi connectivity index (χ0v) is 17.2. The predicted molar refractivity (Wildman–Crippen MR) is 112 cm³/mol. The summed E-state index contributed by atoms with van der Waals surface area (Å²) in [7, 11) is 0. The first kappa shape index (κ1) is 20.9. The van der Waals surface area contributed by atoms with Gasteiger partial charge in [-0.2, -0.15) is 0 Å². The van der Waals surface area contributed by atoms with Crippen molar-refractivity contribution >= 4 is 17.6 Å². The first-order valence-electron chi connectivity index (χ1n) is 9.87. The zero-order valence-electron chi connectivity index (χ0n) is 17.2. The molecule has 1 aliphatic heterocycles. The minimum absolute atomic E-state index is 0.0247. The Hall–Kier alpha value is -2.86. The lowest BCUT2D eigenvalue weighted by Gasteiger charge is -2.27. The van der Waals surface area contributed by atoms with Gasteiger partial charge in [-0.15, -0.1) is 0 Å². The lowest BCUT2D eigenvalue weighted by Crippen LogP contribution is -2.42. The summed E-state index contributed by atoms with van der Waals surface area (Å²) in [4.78, 5) is 24.2. The fourth-order valence-electron chi connectivity index (χ4n) is 3.21. The predicted octanol–water partition coefficient (Wildman–Crippen LogP) is 3.62. The van der Waals surface area contributed by atoms with E-state index in [9.17, 15) is 9.59 Å². The van der Waals surface area contributed by atoms with Gasteiger partial charge in [0.2, 0.25) is 5.91 Å². The van der Waals surface area contributed by atoms with Crippen molar-refractivity contribution in [3.8, 4) is 5.75 Å². The van der Waals surface area contributed by atoms with Crippen molar-refractivity contribution in [3.05, 3.63) is 59.7 Å². The Bertz CT molecular complexity index is 859. The maximum atomic E-state index is 12.7. The van der Waals surface area contributed by atoms with Crippen molar-refractivity contribution in [1.82, 2.24) is 5.32 Å². The first-order valence-corrected chi connectivity index (χ1v) is 9.87. The maximum Gasteiger partial charge on any atom is 0.327 e. The van der Waals surface area contributed by atoms with E-state index in [1.807, 2.05) is 69.3 Å². The average molecular weight is 396 g/mol. The number of anilines is 1. The number of esters is 1. The summed E-state index contributed by atoms with van der Waals surface area (Å²) < 4.78 is 11.3. The monoisotopic (exact) mass is 396 g/mol. The molecule has 6 nitrogen and oxygen atoms in total. The largest absolute Gasteiger partial charge is 0.493 e. The van der Waals surface area contributed by atoms with Gasteiger partial charge >= 0.3 is 5.97 Å². The molecule has 1 unspecified atom stereocenters. The Morgan fingerprint density at radius 2 is 1.86 bits per heavy atom. The van der Waals surface area contributed by atoms with Gasteiger partial charge < -0.3 is 14.8 Å². The molecule has 29 heavy (non-hydrogen) atoms. The van der Waals surface area contributed by atoms with Gasteiger partial charge in [0.1, 0.15) is 11.8 Å². The van der Waals surface area contributed by atoms with Crippen LogP contribution in [0.1, 0.15) is 44.4 Å². The van der Waals surface area contributed by atoms with Crippen molar-refractivity contribution in [2.75, 3.05) is 18.5 Å². The third kappa shape index (κ3) is 5.81. The van der Waals surface area contributed by atoms with Crippen LogP contribution in [0.4, 0.5) is 5.69 Å². The summed E-state index contributed by atoms with van der Waals surface area (Å²) >= 11 is 0. The molecule has 0 aromatic heterocycles. The van der Waals surface area contributed by atoms with Crippen molar-refractivity contribution < 1.29 is 19.1 Å². The molecule has 2 aromatic carbocycles. The van der Waals surface area contributed by atoms with E-state index in [0.717, 1.165) is 16.8 Å². The number of benzene rings is 2. The second kappa shape index (κ2) is 9.09. The van der Waals surface area contributed by atoms with E-state index in [1.165, 1.54) is 0 Å². The highest BCUT2D eigenvalue weighted by atomic mass is 16.5. The van der Waals surface area contributed by atoms with Gasteiger partial charge in [0, 0.05) is 23.2 Å². The summed E-state index contributed by atoms with van der Waals surface area (Å²) in [5.41, 5.74) is 2.33. The van der Waals surface area contributed by atoms with Crippen LogP contribution < -0.4 is 15.4 Å². The molecule has 1 amide bonds. The number of nitrogens with one attached hydrogen (secondary N) is 2. The molecule has 0 saturated carbocycles. The van der Waals surface area contributed by atoms with Gasteiger partial charge in [-0.3, -0.25) is 10.1 Å². The number of hydrogen-bond donors (Lipinski definition) is 2. The molecule has 6 heteroatoms. The normalized spacial score (nSPS) is 14.1. The van der Waals surface area contributed by atoms with Crippen molar-refractivity contribution in [2.24, 2.45) is 0 Å². The molecule has 2 N–H and O–H groups in total. The number of carbonyl (C=O) groups excluding carboxylic acids is 2. The van der Waals surface area contributed by atoms with Crippen LogP contribution in [0.2, 0.25) is 0 Å². The molecule has 0 bridgehead atoms. The van der Waals surface area contributed by atoms with Crippen molar-refractivity contribution in [2.45, 2.75) is 45.2 Å². The van der Waals surface area contributed by atoms with Crippen LogP contribution in [0.5, 0.6) is 5.75 Å². The van der Waals surface area contributed by atoms with E-state index in [2.05, 4.69) is 10.6 Å². The number of carbonyl (C=O) groups is 2. The summed E-state index contributed by atoms with van der Waals surface area (Å²) in [6.45, 7) is 6.72. The van der Waals surface area contributed by atoms with Crippen LogP contribution in [0.25, 0.3) is 0 Å². The third-order valence-electron chi connectivity index (χ3n) is 4.48. The van der Waals surface area contributed by atoms with Gasteiger partial charge in [-0.05, 0) is 38.5 Å². The minimum atomic E-state index is -0.522. The van der Waals surface area contributed by atoms with Crippen LogP contribution in [0.3, 0.4) is 0 Å². The second-order valence-electron chi connectivity index (χ2n) is 8.11. The summed E-state index contributed by atoms with van der Waals surface area (Å²) in [5, 5.41) is 6.13. The number of rotatable bonds is 8. The van der Waals surface area contributed by atoms with Gasteiger partial charge in [0.15, 0.2) is 0 Å². The van der Waals surface area contributed by atoms with Crippen LogP contribution in [-0.2, 0) is 20.7 Å². The van der Waals surface area contributed by atoms with Crippen LogP contribution in [0, 0.1) is 0 Å². The quantitative estimate of drug-likeness (QED) is 0.526. The Kier molecular flexibility index (Phi) is 6.54. The van der Waals surface area contributed by atoms with E-state index in [0.29, 0.717) is 25.2 Å². The Balaban J connectivity index is 1.50. The molecule has 0 aliphatic carbocycles. The Morgan fingerprint density at radius 3 is 2.59 bits per heavy atom. The first-order chi connectivity index (χ1) is 13.8. The molecule has 1 heterocycles. The summed E-state index contributed by atoms with van der Waals surface area (Å²) in [6.07, 6.45) is 0.894. The lowest BCUT2D eigenvalue weighted by atomic mass is 10.0. The lowest BCUT2D eigenvalue weighted by molar-refractivity contribution is -0.147. The maximum absolute atomic E-state index is 12.7. The molecule has 0 saturated heterocycles. The van der Waals surface area contributed by atoms with Gasteiger partial charge in [0.25, 0.3) is 0 Å². The fourth-order valence-corrected chi connectivity index (χ4v) is 3.21. The van der Waals surface area contributed by atoms with E-state index >= 15 is 0 Å². The van der Waals surface area contributed by atoms with E-state index < -0.39 is 6.04 Å². The standard InChI is InChI=1S/C23H28N2O4/c1-23(2,3)25-21(16-9-5-4-6-10-16)22(27)29-14-8-13-28-19-12-7-11-18-17(19)15-20(26)24-18/h4-7,9-12,21,25H,8,13-15H2,1-3H3,(H,24,26). The number of amides is 1. The molecular weight excluding hydrogens is 368 g/mol. The topological polar surface area (TPSA) is 76.7 Å². The van der Waals surface area contributed by atoms with E-state index in [-0.39, 0.29) is 24.0 Å². The number of hydrogen-bond acceptors (Lipinski definition) is 5. The van der Waals surface area contributed by atoms with Gasteiger partial charge in [-0.25, -0.2) is 4.79 Å². The number of fused-ring (bicyclic) bond motifs is 1. The average Bonchev–Trinajstić information content (AvgIpc) is 3.06. The fraction of sp³-hybridized carbons (Fsp3) is 0.391. The molecule has 1 atom stereocenters. The smallest absolute Gasteiger partial charge is 0.327 e. The van der Waals surface area contributed by atoms with Crippen molar-refractivity contribution in [1.29, 1.82) is 0 Å². The van der Waals surface area contributed by atoms with Crippen LogP contribution in [0.15, 0.2) is 48.5 Å². The molecular formula is C23H28N2O4. The molecule has 2 aromatic rings. The van der Waals surface area contributed by atoms with E-state index in [1.54, 1.807) is 0 Å². The Morgan fingerprint density at radius 1 is 1.10 bits per heavy atom. The van der Waals surface area contributed by atoms with Crippen LogP contribution in [-0.4, -0.2) is 30.6 Å². The highest BCUT2D eigenvalue weighted by Gasteiger charge is 2.26. The summed E-state index contributed by atoms with van der Waals surface area (Å²) in [6, 6.07) is 14.6. The van der Waals surface area contributed by atoms with Gasteiger partial charge in [-0.1, -0.05) is 36.4 Å². The molecule has 0 radical (unpaired) electrons. The minimum Gasteiger partial charge on any atom is -0.493 e. The molecule has 154 valence electrons. The zero-order chi connectivity index (χ0) is 20.9. The highest BCUT2D eigenvalue weighted by Crippen LogP contribution is 2.31. The molecule has 1 aliphatic rings. The highest BCUT2D eigenvalue weighted by molar-refractivity contribution is 6.00. The van der Waals surface area contributed by atoms with Crippen molar-refractivity contribution in [3.63, 3.8) is 0 Å². The molecule has 0 fully saturated rings. The molecule has 0 spiro atoms. The summed E-state index contributed by atoms with van der Waals surface area (Å²) in [5.74, 6) is 0.369.